The van der Waals surface area contributed by atoms with Gasteiger partial charge in [-0.1, -0.05) is 10.8 Å². The van der Waals surface area contributed by atoms with Gasteiger partial charge in [-0.25, -0.2) is 0 Å². The van der Waals surface area contributed by atoms with Crippen molar-refractivity contribution >= 4 is 27.6 Å². The molecule has 1 unspecified atom stereocenters. The van der Waals surface area contributed by atoms with Crippen LogP contribution in [-0.2, 0) is 23.4 Å². The summed E-state index contributed by atoms with van der Waals surface area (Å²) in [4.78, 5) is 10.2. The van der Waals surface area contributed by atoms with E-state index in [1.54, 1.807) is 0 Å². The molecule has 0 aromatic rings. The summed E-state index contributed by atoms with van der Waals surface area (Å²) >= 11 is -0.625. The summed E-state index contributed by atoms with van der Waals surface area (Å²) in [5.74, 6) is 0.153. The van der Waals surface area contributed by atoms with E-state index in [0.29, 0.717) is 11.5 Å². The van der Waals surface area contributed by atoms with Crippen LogP contribution in [0, 0.1) is 6.54 Å². The zero-order chi connectivity index (χ0) is 11.4. The quantitative estimate of drug-likeness (QED) is 0.217. The Labute approximate surface area is 95.9 Å². The summed E-state index contributed by atoms with van der Waals surface area (Å²) in [5.41, 5.74) is 10.3. The van der Waals surface area contributed by atoms with Gasteiger partial charge in [0.1, 0.15) is 6.04 Å². The second-order valence-corrected chi connectivity index (χ2v) is 4.54. The molecule has 0 amide bonds. The third kappa shape index (κ3) is 14.8. The first-order chi connectivity index (χ1) is 6.59. The van der Waals surface area contributed by atoms with E-state index in [-0.39, 0.29) is 0 Å². The van der Waals surface area contributed by atoms with E-state index in [1.807, 2.05) is 0 Å². The average molecular weight is 287 g/mol. The molecule has 6 N–H and O–H groups in total. The molecule has 0 aliphatic carbocycles. The summed E-state index contributed by atoms with van der Waals surface area (Å²) in [6.07, 6.45) is 0. The Morgan fingerprint density at radius 3 is 2.43 bits per heavy atom. The summed E-state index contributed by atoms with van der Waals surface area (Å²) in [5, 5.41) is 8.36. The average Bonchev–Trinajstić information content (AvgIpc) is 2.13. The molecule has 1 atom stereocenters. The number of carboxylic acid groups (broad SMARTS) is 1. The Hall–Kier alpha value is 0.344. The van der Waals surface area contributed by atoms with E-state index >= 15 is 0 Å². The van der Waals surface area contributed by atoms with Crippen LogP contribution in [0.3, 0.4) is 0 Å². The van der Waals surface area contributed by atoms with Gasteiger partial charge >= 0.3 is 28.8 Å². The minimum atomic E-state index is -0.963. The molecule has 0 radical (unpaired) electrons. The summed E-state index contributed by atoms with van der Waals surface area (Å²) in [7, 11) is 2.91. The van der Waals surface area contributed by atoms with Crippen molar-refractivity contribution in [3.63, 3.8) is 0 Å². The number of aliphatic carboxylic acids is 1. The second kappa shape index (κ2) is 13.3. The maximum absolute atomic E-state index is 10.2. The van der Waals surface area contributed by atoms with Crippen molar-refractivity contribution in [2.45, 2.75) is 6.04 Å². The van der Waals surface area contributed by atoms with Crippen LogP contribution in [0.25, 0.3) is 0 Å². The van der Waals surface area contributed by atoms with Crippen LogP contribution in [0.2, 0.25) is 0 Å². The molecule has 6 nitrogen and oxygen atoms in total. The number of hydrogen-bond donors (Lipinski definition) is 4. The third-order valence-corrected chi connectivity index (χ3v) is 3.12. The zero-order valence-electron chi connectivity index (χ0n) is 7.07. The Balaban J connectivity index is 0. The van der Waals surface area contributed by atoms with E-state index in [4.69, 9.17) is 24.7 Å². The fraction of sp³-hybridized carbons (Fsp3) is 0.600. The minimum absolute atomic E-state index is 0.411. The van der Waals surface area contributed by atoms with Crippen LogP contribution in [0.5, 0.6) is 0 Å². The fourth-order valence-corrected chi connectivity index (χ4v) is 2.09. The first kappa shape index (κ1) is 16.8. The molecule has 0 aliphatic rings. The van der Waals surface area contributed by atoms with Crippen LogP contribution in [0.4, 0.5) is 0 Å². The van der Waals surface area contributed by atoms with Crippen molar-refractivity contribution in [3.8, 4) is 0 Å². The van der Waals surface area contributed by atoms with Crippen molar-refractivity contribution in [1.29, 1.82) is 0 Å². The topological polar surface area (TPSA) is 127 Å². The van der Waals surface area contributed by atoms with Crippen molar-refractivity contribution in [2.24, 2.45) is 11.5 Å². The van der Waals surface area contributed by atoms with Crippen molar-refractivity contribution in [2.75, 3.05) is 11.5 Å². The second-order valence-electron chi connectivity index (χ2n) is 1.81. The molecule has 0 aromatic carbocycles. The van der Waals surface area contributed by atoms with E-state index in [2.05, 4.69) is 0 Å². The van der Waals surface area contributed by atoms with E-state index in [1.165, 1.54) is 28.1 Å². The van der Waals surface area contributed by atoms with Crippen molar-refractivity contribution < 1.29 is 32.7 Å². The molecule has 9 heteroatoms. The van der Waals surface area contributed by atoms with Gasteiger partial charge in [-0.2, -0.15) is 0 Å². The van der Waals surface area contributed by atoms with Crippen LogP contribution in [0.1, 0.15) is 0 Å². The number of rotatable bonds is 6. The Morgan fingerprint density at radius 1 is 1.57 bits per heavy atom. The Morgan fingerprint density at radius 2 is 2.07 bits per heavy atom. The summed E-state index contributed by atoms with van der Waals surface area (Å²) in [6, 6.07) is -0.773. The third-order valence-electron chi connectivity index (χ3n) is 0.812. The van der Waals surface area contributed by atoms with Crippen LogP contribution >= 0.6 is 21.6 Å². The van der Waals surface area contributed by atoms with E-state index < -0.39 is 26.7 Å². The zero-order valence-corrected chi connectivity index (χ0v) is 9.69. The molecule has 0 aliphatic heterocycles. The molecule has 14 heavy (non-hydrogen) atoms. The molecule has 0 aromatic heterocycles. The summed E-state index contributed by atoms with van der Waals surface area (Å²) in [6.45, 7) is 1.52. The van der Waals surface area contributed by atoms with Crippen LogP contribution in [-0.4, -0.2) is 32.9 Å². The van der Waals surface area contributed by atoms with Gasteiger partial charge in [0.15, 0.2) is 0 Å². The van der Waals surface area contributed by atoms with Crippen LogP contribution in [0.15, 0.2) is 0 Å². The predicted molar refractivity (Wildman–Crippen MR) is 51.9 cm³/mol. The number of hydrogen-bond acceptors (Lipinski definition) is 6. The molecule has 0 saturated heterocycles. The van der Waals surface area contributed by atoms with Gasteiger partial charge in [-0.05, 0) is 0 Å². The summed E-state index contributed by atoms with van der Waals surface area (Å²) < 4.78 is 15.4. The van der Waals surface area contributed by atoms with Gasteiger partial charge in [-0.15, -0.1) is 16.5 Å². The molecule has 0 rings (SSSR count). The van der Waals surface area contributed by atoms with E-state index in [9.17, 15) is 4.79 Å². The van der Waals surface area contributed by atoms with Gasteiger partial charge in [-0.3, -0.25) is 11.3 Å². The Kier molecular flexibility index (Phi) is 16.0. The normalized spacial score (nSPS) is 11.6. The van der Waals surface area contributed by atoms with Gasteiger partial charge in [0.05, 0.1) is 0 Å². The molecule has 89 valence electrons. The van der Waals surface area contributed by atoms with E-state index in [0.717, 1.165) is 0 Å². The predicted octanol–water partition coefficient (Wildman–Crippen LogP) is -0.778. The van der Waals surface area contributed by atoms with Gasteiger partial charge in [0.25, 0.3) is 0 Å². The first-order valence-electron chi connectivity index (χ1n) is 3.21. The number of carboxylic acids is 1. The SMILES string of the molecule is N[CH-]CSSCC(N)C(=O)O.[O]=[Ni][OH]. The van der Waals surface area contributed by atoms with Crippen molar-refractivity contribution in [1.82, 2.24) is 0 Å². The van der Waals surface area contributed by atoms with Crippen LogP contribution < -0.4 is 11.5 Å². The standard InChI is InChI=1S/C5H11N2O2S2.Ni.H2O.O/c6-1-2-10-11-3-4(7)5(8)9;;;/h1,4H,2-3,6-7H2,(H,8,9);;1H2;/q-1;+1;;/p-1. The van der Waals surface area contributed by atoms with Gasteiger partial charge in [0, 0.05) is 5.75 Å². The maximum atomic E-state index is 10.2. The fourth-order valence-electron chi connectivity index (χ4n) is 0.280. The molecule has 0 saturated carbocycles. The number of carbonyl (C=O) groups is 1. The molecular formula is C5H12N2NiO4S2-. The molecule has 0 fully saturated rings. The molecule has 0 spiro atoms. The monoisotopic (exact) mass is 286 g/mol. The molecule has 0 heterocycles. The van der Waals surface area contributed by atoms with Gasteiger partial charge in [0.2, 0.25) is 0 Å². The Bertz CT molecular complexity index is 163. The number of nitrogens with two attached hydrogens (primary N) is 2. The molecular weight excluding hydrogens is 275 g/mol. The van der Waals surface area contributed by atoms with Gasteiger partial charge < -0.3 is 16.6 Å². The first-order valence-corrected chi connectivity index (χ1v) is 6.55. The van der Waals surface area contributed by atoms with Crippen molar-refractivity contribution in [3.05, 3.63) is 6.54 Å². The molecule has 0 bridgehead atoms.